The lowest BCUT2D eigenvalue weighted by Crippen LogP contribution is -2.63. The lowest BCUT2D eigenvalue weighted by molar-refractivity contribution is -0.143. The van der Waals surface area contributed by atoms with Crippen molar-refractivity contribution in [2.75, 3.05) is 44.9 Å². The number of carbonyl (C=O) groups is 23. The van der Waals surface area contributed by atoms with E-state index in [0.717, 1.165) is 6.92 Å². The highest BCUT2D eigenvalue weighted by Gasteiger charge is 2.45. The van der Waals surface area contributed by atoms with Crippen LogP contribution in [0.1, 0.15) is 192 Å². The van der Waals surface area contributed by atoms with Gasteiger partial charge in [0.15, 0.2) is 0 Å². The lowest BCUT2D eigenvalue weighted by atomic mass is 9.95. The van der Waals surface area contributed by atoms with Crippen molar-refractivity contribution in [3.05, 3.63) is 54.1 Å². The summed E-state index contributed by atoms with van der Waals surface area (Å²) in [5.41, 5.74) is 23.3. The maximum Gasteiger partial charge on any atom is 0.322 e. The maximum absolute atomic E-state index is 15.1. The third kappa shape index (κ3) is 43.4. The minimum Gasteiger partial charge on any atom is -0.481 e. The maximum atomic E-state index is 15.1. The van der Waals surface area contributed by atoms with Gasteiger partial charge in [-0.25, -0.2) is 4.98 Å². The number of imidazole rings is 1. The molecule has 0 bridgehead atoms. The zero-order chi connectivity index (χ0) is 112. The number of aliphatic hydroxyl groups excluding tert-OH is 3. The van der Waals surface area contributed by atoms with Crippen LogP contribution < -0.4 is 119 Å². The highest BCUT2D eigenvalue weighted by atomic mass is 32.2. The summed E-state index contributed by atoms with van der Waals surface area (Å²) in [4.78, 5) is 324. The number of aromatic nitrogens is 2. The number of primary amides is 2. The first-order valence-corrected chi connectivity index (χ1v) is 50.5. The van der Waals surface area contributed by atoms with Crippen LogP contribution in [-0.4, -0.2) is 342 Å². The van der Waals surface area contributed by atoms with Crippen LogP contribution in [0.2, 0.25) is 0 Å². The molecule has 54 heteroatoms. The smallest absolute Gasteiger partial charge is 0.322 e. The molecule has 22 atom stereocenters. The molecule has 1 saturated heterocycles. The minimum atomic E-state index is -2.13. The molecule has 32 N–H and O–H groups in total. The lowest BCUT2D eigenvalue weighted by Gasteiger charge is -2.32. The SMILES string of the molecule is CC[C@H](C)[C@H](NC(=O)[C@H](CC(N)=O)NC(=O)[C@@H](NC(=O)[C@@H]1CCCN1C(=O)[C@H](Cc1cnc[nH]1)NC(=O)[C@H](CCSC)NC(=O)[C@H](Cc1ccccc1)NC(=O)[C@H](C)NC(=O)[C@H](CO)NC(=O)[C@H](CC(N)=O)NC(=O)[C@@H](N)CCCCN)C(C)C)C(=O)N[C@@H](CO)C(=O)N[C@H](C(=O)N[C@@H](CC(=O)O)C(=O)N[C@@H](CC(C)C)C(=O)N[C@@H](C)C(=O)N[C@H](C(=O)N[C@H](C(=O)N[C@H](C(=O)NCC(=O)O)C(C)C)[C@@H](C)CC)C(C)C)[C@@H](C)O. The molecule has 1 aromatic heterocycles. The van der Waals surface area contributed by atoms with Gasteiger partial charge in [-0.15, -0.1) is 0 Å². The van der Waals surface area contributed by atoms with Crippen LogP contribution in [-0.2, 0) is 123 Å². The number of likely N-dealkylation sites (tertiary alicyclic amines) is 1. The molecule has 1 aromatic carbocycles. The van der Waals surface area contributed by atoms with Crippen molar-refractivity contribution in [1.29, 1.82) is 0 Å². The molecule has 0 radical (unpaired) electrons. The number of unbranched alkanes of at least 4 members (excludes halogenated alkanes) is 1. The van der Waals surface area contributed by atoms with Crippen molar-refractivity contribution >= 4 is 148 Å². The number of benzene rings is 1. The second-order valence-corrected chi connectivity index (χ2v) is 39.0. The molecule has 0 aliphatic carbocycles. The molecule has 3 rings (SSSR count). The second-order valence-electron chi connectivity index (χ2n) is 38.1. The van der Waals surface area contributed by atoms with Gasteiger partial charge in [0.25, 0.3) is 0 Å². The average molecular weight is 2110 g/mol. The number of hydrogen-bond donors (Lipinski definition) is 28. The zero-order valence-electron chi connectivity index (χ0n) is 86.4. The van der Waals surface area contributed by atoms with Crippen LogP contribution >= 0.6 is 11.8 Å². The molecule has 2 heterocycles. The summed E-state index contributed by atoms with van der Waals surface area (Å²) < 4.78 is 0. The Morgan fingerprint density at radius 1 is 0.439 bits per heavy atom. The number of aliphatic hydroxyl groups is 3. The van der Waals surface area contributed by atoms with E-state index in [0.29, 0.717) is 37.1 Å². The summed E-state index contributed by atoms with van der Waals surface area (Å²) >= 11 is 1.29. The van der Waals surface area contributed by atoms with Crippen LogP contribution in [0, 0.1) is 35.5 Å². The van der Waals surface area contributed by atoms with E-state index in [1.165, 1.54) is 63.8 Å². The second kappa shape index (κ2) is 64.5. The van der Waals surface area contributed by atoms with Gasteiger partial charge in [-0.1, -0.05) is 133 Å². The number of aromatic amines is 1. The topological polar surface area (TPSA) is 846 Å². The van der Waals surface area contributed by atoms with E-state index >= 15 is 4.79 Å². The monoisotopic (exact) mass is 2110 g/mol. The number of nitrogens with one attached hydrogen (secondary N) is 19. The number of nitrogens with two attached hydrogens (primary N) is 4. The molecule has 0 unspecified atom stereocenters. The van der Waals surface area contributed by atoms with E-state index in [-0.39, 0.29) is 63.7 Å². The van der Waals surface area contributed by atoms with Crippen molar-refractivity contribution in [2.45, 2.75) is 315 Å². The molecule has 1 aliphatic heterocycles. The number of hydrogen-bond acceptors (Lipinski definition) is 30. The summed E-state index contributed by atoms with van der Waals surface area (Å²) in [7, 11) is 0. The quantitative estimate of drug-likeness (QED) is 0.0274. The number of thioether (sulfide) groups is 1. The molecule has 828 valence electrons. The molecular formula is C94H153N25O28S. The van der Waals surface area contributed by atoms with Gasteiger partial charge in [0.1, 0.15) is 115 Å². The number of carboxylic acids is 2. The fourth-order valence-corrected chi connectivity index (χ4v) is 15.7. The Kier molecular flexibility index (Phi) is 56.0. The summed E-state index contributed by atoms with van der Waals surface area (Å²) in [5, 5.41) is 94.7. The standard InChI is InChI=1S/C94H153N25O28S/c1-17-48(11)73(91(144)112-64(42-121)86(139)118-75(52(15)122)93(146)109-61(38-68(125)126)83(136)107-57(33-44(3)4)80(133)102-51(14)77(130)113-72(47(9)10)90(143)117-74(49(12)18-2)92(145)115-70(45(5)6)88(141)100-40-69(127)128)116-84(137)60(37-67(98)124)108-89(142)71(46(7)8)114-87(140)65-28-24-31-119(65)94(147)62(35-54-39-99-43-101-54)110-79(132)56(29-32-148-16)104-81(134)58(34-53-25-20-19-21-26-53)105-76(129)50(13)103-85(138)63(41-120)111-82(135)59(36-66(97)123)106-78(131)55(96)27-22-23-30-95/h19-21,25-26,39,43-52,55-65,70-75,120-122H,17-18,22-24,27-38,40-42,95-96H2,1-16H3,(H2,97,123)(H2,98,124)(H,99,101)(H,100,141)(H,102,133)(H,103,138)(H,104,134)(H,105,129)(H,106,131)(H,107,136)(H,108,142)(H,109,146)(H,110,132)(H,111,135)(H,112,144)(H,113,130)(H,114,140)(H,115,145)(H,116,137)(H,117,143)(H,118,139)(H,125,126)(H,127,128)/t48-,49-,50-,51-,52+,55-,56-,57-,58-,59-,60-,61-,62-,63-,64-,65-,70-,71-,72-,73-,74-,75-/m0/s1. The first-order chi connectivity index (χ1) is 69.5. The number of carbonyl (C=O) groups excluding carboxylic acids is 21. The van der Waals surface area contributed by atoms with E-state index in [9.17, 15) is 126 Å². The summed E-state index contributed by atoms with van der Waals surface area (Å²) in [6, 6.07) is -22.0. The molecule has 0 spiro atoms. The Morgan fingerprint density at radius 3 is 1.32 bits per heavy atom. The van der Waals surface area contributed by atoms with Crippen LogP contribution in [0.15, 0.2) is 42.9 Å². The Labute approximate surface area is 862 Å². The van der Waals surface area contributed by atoms with Crippen LogP contribution in [0.5, 0.6) is 0 Å². The molecular weight excluding hydrogens is 1960 g/mol. The molecule has 1 aliphatic rings. The summed E-state index contributed by atoms with van der Waals surface area (Å²) in [6.45, 7) is 19.7. The van der Waals surface area contributed by atoms with Crippen LogP contribution in [0.3, 0.4) is 0 Å². The largest absolute Gasteiger partial charge is 0.481 e. The van der Waals surface area contributed by atoms with Crippen molar-refractivity contribution in [2.24, 2.45) is 58.4 Å². The Hall–Kier alpha value is -13.6. The third-order valence-corrected chi connectivity index (χ3v) is 24.9. The Morgan fingerprint density at radius 2 is 0.838 bits per heavy atom. The number of H-pyrrole nitrogens is 1. The highest BCUT2D eigenvalue weighted by molar-refractivity contribution is 7.98. The van der Waals surface area contributed by atoms with E-state index in [2.05, 4.69) is 106 Å². The number of rotatable bonds is 67. The Bertz CT molecular complexity index is 4840. The van der Waals surface area contributed by atoms with Gasteiger partial charge in [-0.3, -0.25) is 110 Å². The van der Waals surface area contributed by atoms with E-state index in [1.54, 1.807) is 98.9 Å². The van der Waals surface area contributed by atoms with Gasteiger partial charge in [0.2, 0.25) is 124 Å². The van der Waals surface area contributed by atoms with Gasteiger partial charge < -0.3 is 154 Å². The number of carboxylic acid groups (broad SMARTS) is 2. The van der Waals surface area contributed by atoms with Gasteiger partial charge in [-0.05, 0) is 119 Å². The normalized spacial score (nSPS) is 16.6. The van der Waals surface area contributed by atoms with Crippen molar-refractivity contribution in [3.63, 3.8) is 0 Å². The van der Waals surface area contributed by atoms with Crippen molar-refractivity contribution < 1.29 is 136 Å². The summed E-state index contributed by atoms with van der Waals surface area (Å²) in [5.74, 6) is -28.5. The molecule has 1 fully saturated rings. The van der Waals surface area contributed by atoms with Gasteiger partial charge >= 0.3 is 11.9 Å². The first-order valence-electron chi connectivity index (χ1n) is 49.1. The number of aliphatic carboxylic acids is 2. The number of amides is 21. The van der Waals surface area contributed by atoms with Gasteiger partial charge in [-0.2, -0.15) is 11.8 Å². The molecule has 148 heavy (non-hydrogen) atoms. The predicted octanol–water partition coefficient (Wildman–Crippen LogP) is -8.43. The van der Waals surface area contributed by atoms with Crippen molar-refractivity contribution in [1.82, 2.24) is 111 Å². The average Bonchev–Trinajstić information content (AvgIpc) is 1.77. The Balaban J connectivity index is 1.86. The van der Waals surface area contributed by atoms with E-state index in [1.807, 2.05) is 0 Å². The highest BCUT2D eigenvalue weighted by Crippen LogP contribution is 2.23. The zero-order valence-corrected chi connectivity index (χ0v) is 87.2. The molecule has 53 nitrogen and oxygen atoms in total. The third-order valence-electron chi connectivity index (χ3n) is 24.3. The van der Waals surface area contributed by atoms with Crippen LogP contribution in [0.4, 0.5) is 0 Å². The van der Waals surface area contributed by atoms with Crippen LogP contribution in [0.25, 0.3) is 0 Å². The molecule has 0 saturated carbocycles. The van der Waals surface area contributed by atoms with E-state index < -0.39 is 331 Å². The molecule has 2 aromatic rings. The van der Waals surface area contributed by atoms with E-state index in [4.69, 9.17) is 28.0 Å². The van der Waals surface area contributed by atoms with Crippen molar-refractivity contribution in [3.8, 4) is 0 Å². The summed E-state index contributed by atoms with van der Waals surface area (Å²) in [6.07, 6.45) is 0.673. The first kappa shape index (κ1) is 129. The number of nitrogens with zero attached hydrogens (tertiary/aromatic N) is 2. The molecule has 21 amide bonds. The fraction of sp³-hybridized carbons (Fsp3) is 0.660. The fourth-order valence-electron chi connectivity index (χ4n) is 15.2. The van der Waals surface area contributed by atoms with Gasteiger partial charge in [0.05, 0.1) is 50.9 Å². The minimum absolute atomic E-state index is 0.00536. The van der Waals surface area contributed by atoms with Gasteiger partial charge in [0, 0.05) is 31.3 Å². The predicted molar refractivity (Wildman–Crippen MR) is 534 cm³/mol.